The Labute approximate surface area is 213 Å². The lowest BCUT2D eigenvalue weighted by atomic mass is 10.0. The van der Waals surface area contributed by atoms with E-state index in [9.17, 15) is 14.4 Å². The molecule has 2 aliphatic rings. The van der Waals surface area contributed by atoms with Gasteiger partial charge in [-0.2, -0.15) is 0 Å². The van der Waals surface area contributed by atoms with Gasteiger partial charge in [0.25, 0.3) is 11.8 Å². The van der Waals surface area contributed by atoms with E-state index in [1.165, 1.54) is 13.2 Å². The van der Waals surface area contributed by atoms with Crippen LogP contribution < -0.4 is 29.2 Å². The minimum Gasteiger partial charge on any atom is -0.493 e. The number of imide groups is 2. The van der Waals surface area contributed by atoms with Gasteiger partial charge in [0.2, 0.25) is 6.79 Å². The summed E-state index contributed by atoms with van der Waals surface area (Å²) >= 11 is 0. The maximum atomic E-state index is 13.2. The number of anilines is 1. The molecule has 5 rings (SSSR count). The fourth-order valence-corrected chi connectivity index (χ4v) is 4.01. The first-order valence-corrected chi connectivity index (χ1v) is 11.5. The van der Waals surface area contributed by atoms with Gasteiger partial charge in [0.1, 0.15) is 12.2 Å². The van der Waals surface area contributed by atoms with Crippen molar-refractivity contribution in [2.75, 3.05) is 18.8 Å². The van der Waals surface area contributed by atoms with E-state index in [1.54, 1.807) is 30.3 Å². The van der Waals surface area contributed by atoms with Crippen molar-refractivity contribution in [3.63, 3.8) is 0 Å². The van der Waals surface area contributed by atoms with Crippen molar-refractivity contribution in [1.82, 2.24) is 5.32 Å². The molecule has 9 heteroatoms. The number of urea groups is 1. The molecule has 2 heterocycles. The number of carbonyl (C=O) groups is 3. The molecular weight excluding hydrogens is 476 g/mol. The summed E-state index contributed by atoms with van der Waals surface area (Å²) in [6.07, 6.45) is 1.42. The molecule has 4 amide bonds. The molecule has 2 aliphatic heterocycles. The molecule has 1 N–H and O–H groups in total. The second kappa shape index (κ2) is 9.69. The van der Waals surface area contributed by atoms with Crippen molar-refractivity contribution in [1.29, 1.82) is 0 Å². The zero-order valence-electron chi connectivity index (χ0n) is 20.5. The quantitative estimate of drug-likeness (QED) is 0.398. The smallest absolute Gasteiger partial charge is 0.335 e. The summed E-state index contributed by atoms with van der Waals surface area (Å²) in [5.74, 6) is 0.780. The predicted molar refractivity (Wildman–Crippen MR) is 135 cm³/mol. The number of ether oxygens (including phenoxy) is 4. The van der Waals surface area contributed by atoms with Crippen LogP contribution in [-0.4, -0.2) is 31.7 Å². The molecule has 9 nitrogen and oxygen atoms in total. The Hall–Kier alpha value is -4.79. The van der Waals surface area contributed by atoms with Gasteiger partial charge in [-0.15, -0.1) is 0 Å². The molecule has 0 bridgehead atoms. The van der Waals surface area contributed by atoms with Crippen LogP contribution in [0.4, 0.5) is 10.5 Å². The molecule has 0 saturated carbocycles. The van der Waals surface area contributed by atoms with Crippen molar-refractivity contribution in [3.8, 4) is 23.0 Å². The number of carbonyl (C=O) groups excluding carboxylic acids is 3. The molecule has 188 valence electrons. The molecule has 3 aromatic carbocycles. The lowest BCUT2D eigenvalue weighted by molar-refractivity contribution is -0.122. The molecule has 37 heavy (non-hydrogen) atoms. The first-order valence-electron chi connectivity index (χ1n) is 11.5. The molecule has 1 fully saturated rings. The van der Waals surface area contributed by atoms with Gasteiger partial charge in [-0.25, -0.2) is 9.69 Å². The van der Waals surface area contributed by atoms with E-state index in [0.717, 1.165) is 21.6 Å². The number of rotatable bonds is 6. The van der Waals surface area contributed by atoms with Crippen LogP contribution in [0.3, 0.4) is 0 Å². The third-order valence-electron chi connectivity index (χ3n) is 6.18. The normalized spacial score (nSPS) is 15.7. The van der Waals surface area contributed by atoms with E-state index < -0.39 is 17.8 Å². The minimum absolute atomic E-state index is 0.172. The molecule has 0 radical (unpaired) electrons. The summed E-state index contributed by atoms with van der Waals surface area (Å²) in [6, 6.07) is 15.0. The van der Waals surface area contributed by atoms with E-state index in [2.05, 4.69) is 5.32 Å². The fraction of sp³-hybridized carbons (Fsp3) is 0.179. The number of barbiturate groups is 1. The monoisotopic (exact) mass is 500 g/mol. The first kappa shape index (κ1) is 23.9. The predicted octanol–water partition coefficient (Wildman–Crippen LogP) is 4.29. The number of nitrogens with one attached hydrogen (secondary N) is 1. The zero-order valence-corrected chi connectivity index (χ0v) is 20.5. The van der Waals surface area contributed by atoms with Crippen LogP contribution >= 0.6 is 0 Å². The average Bonchev–Trinajstić information content (AvgIpc) is 3.35. The van der Waals surface area contributed by atoms with Crippen molar-refractivity contribution >= 4 is 29.6 Å². The maximum absolute atomic E-state index is 13.2. The van der Waals surface area contributed by atoms with Gasteiger partial charge in [0.15, 0.2) is 23.0 Å². The molecule has 0 atom stereocenters. The van der Waals surface area contributed by atoms with Crippen LogP contribution in [0.1, 0.15) is 22.3 Å². The molecular formula is C28H24N2O7. The number of aryl methyl sites for hydroxylation is 2. The van der Waals surface area contributed by atoms with Crippen LogP contribution in [0.2, 0.25) is 0 Å². The van der Waals surface area contributed by atoms with Crippen molar-refractivity contribution in [2.45, 2.75) is 20.5 Å². The van der Waals surface area contributed by atoms with Gasteiger partial charge >= 0.3 is 6.03 Å². The first-order chi connectivity index (χ1) is 17.8. The van der Waals surface area contributed by atoms with Crippen LogP contribution in [0.15, 0.2) is 60.2 Å². The molecule has 0 spiro atoms. The summed E-state index contributed by atoms with van der Waals surface area (Å²) in [4.78, 5) is 39.2. The summed E-state index contributed by atoms with van der Waals surface area (Å²) in [6.45, 7) is 4.28. The Morgan fingerprint density at radius 3 is 2.51 bits per heavy atom. The Morgan fingerprint density at radius 2 is 1.73 bits per heavy atom. The van der Waals surface area contributed by atoms with Gasteiger partial charge in [0.05, 0.1) is 12.8 Å². The largest absolute Gasteiger partial charge is 0.493 e. The van der Waals surface area contributed by atoms with Crippen molar-refractivity contribution < 1.29 is 33.3 Å². The van der Waals surface area contributed by atoms with Crippen molar-refractivity contribution in [3.05, 3.63) is 82.4 Å². The number of methoxy groups -OCH3 is 1. The molecule has 1 saturated heterocycles. The Morgan fingerprint density at radius 1 is 0.919 bits per heavy atom. The highest BCUT2D eigenvalue weighted by atomic mass is 16.7. The minimum atomic E-state index is -0.791. The second-order valence-electron chi connectivity index (χ2n) is 8.61. The standard InChI is InChI=1S/C28H24N2O7/c1-16-4-7-20(10-17(16)2)30-27(32)21(26(31)29-28(30)33)11-18-5-8-22(24(12-18)34-3)35-14-19-6-9-23-25(13-19)37-15-36-23/h4-13H,14-15H2,1-3H3,(H,29,31,33)/b21-11+. The summed E-state index contributed by atoms with van der Waals surface area (Å²) in [5.41, 5.74) is 3.57. The van der Waals surface area contributed by atoms with Crippen LogP contribution in [-0.2, 0) is 16.2 Å². The number of amides is 4. The third-order valence-corrected chi connectivity index (χ3v) is 6.18. The number of benzene rings is 3. The fourth-order valence-electron chi connectivity index (χ4n) is 4.01. The maximum Gasteiger partial charge on any atom is 0.335 e. The van der Waals surface area contributed by atoms with E-state index >= 15 is 0 Å². The highest BCUT2D eigenvalue weighted by Crippen LogP contribution is 2.34. The van der Waals surface area contributed by atoms with E-state index in [0.29, 0.717) is 34.2 Å². The second-order valence-corrected chi connectivity index (χ2v) is 8.61. The molecule has 3 aromatic rings. The van der Waals surface area contributed by atoms with Crippen LogP contribution in [0.5, 0.6) is 23.0 Å². The van der Waals surface area contributed by atoms with Gasteiger partial charge in [-0.3, -0.25) is 14.9 Å². The average molecular weight is 501 g/mol. The summed E-state index contributed by atoms with van der Waals surface area (Å²) < 4.78 is 22.1. The number of fused-ring (bicyclic) bond motifs is 1. The van der Waals surface area contributed by atoms with Crippen molar-refractivity contribution in [2.24, 2.45) is 0 Å². The third kappa shape index (κ3) is 4.71. The Bertz CT molecular complexity index is 1460. The SMILES string of the molecule is COc1cc(/C=C2\C(=O)NC(=O)N(c3ccc(C)c(C)c3)C2=O)ccc1OCc1ccc2c(c1)OCO2. The zero-order chi connectivity index (χ0) is 26.1. The summed E-state index contributed by atoms with van der Waals surface area (Å²) in [5, 5.41) is 2.24. The molecule has 0 unspecified atom stereocenters. The van der Waals surface area contributed by atoms with E-state index in [1.807, 2.05) is 38.1 Å². The van der Waals surface area contributed by atoms with Gasteiger partial charge in [0, 0.05) is 0 Å². The lowest BCUT2D eigenvalue weighted by Crippen LogP contribution is -2.54. The number of hydrogen-bond acceptors (Lipinski definition) is 7. The van der Waals surface area contributed by atoms with Gasteiger partial charge in [-0.1, -0.05) is 18.2 Å². The van der Waals surface area contributed by atoms with E-state index in [-0.39, 0.29) is 19.0 Å². The molecule has 0 aromatic heterocycles. The van der Waals surface area contributed by atoms with Crippen LogP contribution in [0, 0.1) is 13.8 Å². The Kier molecular flexibility index (Phi) is 6.27. The lowest BCUT2D eigenvalue weighted by Gasteiger charge is -2.26. The highest BCUT2D eigenvalue weighted by Gasteiger charge is 2.37. The highest BCUT2D eigenvalue weighted by molar-refractivity contribution is 6.39. The number of nitrogens with zero attached hydrogens (tertiary/aromatic N) is 1. The number of hydrogen-bond donors (Lipinski definition) is 1. The topological polar surface area (TPSA) is 103 Å². The van der Waals surface area contributed by atoms with Gasteiger partial charge < -0.3 is 18.9 Å². The summed E-state index contributed by atoms with van der Waals surface area (Å²) in [7, 11) is 1.50. The Balaban J connectivity index is 1.38. The van der Waals surface area contributed by atoms with Crippen LogP contribution in [0.25, 0.3) is 6.08 Å². The van der Waals surface area contributed by atoms with E-state index in [4.69, 9.17) is 18.9 Å². The van der Waals surface area contributed by atoms with Gasteiger partial charge in [-0.05, 0) is 78.6 Å². The molecule has 0 aliphatic carbocycles.